The van der Waals surface area contributed by atoms with Crippen LogP contribution in [0.4, 0.5) is 0 Å². The van der Waals surface area contributed by atoms with Gasteiger partial charge < -0.3 is 4.90 Å². The Morgan fingerprint density at radius 3 is 2.88 bits per heavy atom. The molecule has 0 unspecified atom stereocenters. The number of carbonyl (C=O) groups excluding carboxylic acids is 1. The van der Waals surface area contributed by atoms with E-state index in [4.69, 9.17) is 0 Å². The van der Waals surface area contributed by atoms with Gasteiger partial charge in [-0.2, -0.15) is 0 Å². The molecule has 3 rings (SSSR count). The number of thioether (sulfide) groups is 1. The zero-order valence-corrected chi connectivity index (χ0v) is 17.7. The quantitative estimate of drug-likeness (QED) is 0.419. The Morgan fingerprint density at radius 2 is 2.19 bits per heavy atom. The first-order valence-electron chi connectivity index (χ1n) is 8.09. The Balaban J connectivity index is 1.78. The van der Waals surface area contributed by atoms with Crippen LogP contribution in [0.5, 0.6) is 0 Å². The molecular formula is C18H18BrN3O2S2. The third-order valence-electron chi connectivity index (χ3n) is 3.92. The number of aromatic nitrogens is 2. The molecule has 1 amide bonds. The van der Waals surface area contributed by atoms with Crippen LogP contribution in [0.3, 0.4) is 0 Å². The lowest BCUT2D eigenvalue weighted by Crippen LogP contribution is -2.28. The fourth-order valence-corrected chi connectivity index (χ4v) is 4.64. The van der Waals surface area contributed by atoms with E-state index in [0.717, 1.165) is 9.35 Å². The van der Waals surface area contributed by atoms with E-state index in [1.54, 1.807) is 33.9 Å². The van der Waals surface area contributed by atoms with Crippen LogP contribution in [0.2, 0.25) is 0 Å². The highest BCUT2D eigenvalue weighted by Gasteiger charge is 2.15. The number of carbonyl (C=O) groups is 1. The topological polar surface area (TPSA) is 55.2 Å². The molecule has 0 aliphatic rings. The maximum atomic E-state index is 12.7. The van der Waals surface area contributed by atoms with Crippen LogP contribution in [0.15, 0.2) is 50.1 Å². The number of rotatable bonds is 6. The van der Waals surface area contributed by atoms with Crippen LogP contribution in [0.25, 0.3) is 10.9 Å². The van der Waals surface area contributed by atoms with Crippen molar-refractivity contribution in [2.75, 3.05) is 12.8 Å². The molecule has 0 aliphatic carbocycles. The summed E-state index contributed by atoms with van der Waals surface area (Å²) in [5.74, 6) is 0.257. The summed E-state index contributed by atoms with van der Waals surface area (Å²) in [7, 11) is 1.79. The van der Waals surface area contributed by atoms with Gasteiger partial charge in [0.2, 0.25) is 5.91 Å². The summed E-state index contributed by atoms with van der Waals surface area (Å²) in [5, 5.41) is 3.15. The molecule has 2 aromatic heterocycles. The molecule has 0 spiro atoms. The smallest absolute Gasteiger partial charge is 0.262 e. The minimum Gasteiger partial charge on any atom is -0.340 e. The molecule has 8 heteroatoms. The molecule has 0 bridgehead atoms. The normalized spacial score (nSPS) is 11.0. The van der Waals surface area contributed by atoms with Crippen molar-refractivity contribution < 1.29 is 4.79 Å². The molecule has 5 nitrogen and oxygen atoms in total. The first kappa shape index (κ1) is 19.1. The average Bonchev–Trinajstić information content (AvgIpc) is 3.13. The predicted octanol–water partition coefficient (Wildman–Crippen LogP) is 3.99. The lowest BCUT2D eigenvalue weighted by atomic mass is 10.2. The summed E-state index contributed by atoms with van der Waals surface area (Å²) >= 11 is 6.33. The number of thiophene rings is 1. The van der Waals surface area contributed by atoms with Gasteiger partial charge in [0, 0.05) is 22.9 Å². The van der Waals surface area contributed by atoms with Crippen molar-refractivity contribution in [3.05, 3.63) is 55.4 Å². The van der Waals surface area contributed by atoms with Gasteiger partial charge in [-0.25, -0.2) is 4.98 Å². The number of hydrogen-bond donors (Lipinski definition) is 0. The number of halogens is 1. The summed E-state index contributed by atoms with van der Waals surface area (Å²) in [5.41, 5.74) is 0.561. The Hall–Kier alpha value is -1.64. The zero-order chi connectivity index (χ0) is 18.7. The van der Waals surface area contributed by atoms with Crippen LogP contribution < -0.4 is 5.56 Å². The number of benzene rings is 1. The van der Waals surface area contributed by atoms with Gasteiger partial charge in [0.15, 0.2) is 5.16 Å². The SMILES string of the molecule is CCn1c(SCC(=O)N(C)Cc2cccs2)nc2ccc(Br)cc2c1=O. The summed E-state index contributed by atoms with van der Waals surface area (Å²) in [6.07, 6.45) is 0. The summed E-state index contributed by atoms with van der Waals surface area (Å²) in [4.78, 5) is 32.6. The summed E-state index contributed by atoms with van der Waals surface area (Å²) < 4.78 is 2.46. The Bertz CT molecular complexity index is 986. The molecule has 0 atom stereocenters. The number of nitrogens with zero attached hydrogens (tertiary/aromatic N) is 3. The Morgan fingerprint density at radius 1 is 1.38 bits per heavy atom. The molecule has 136 valence electrons. The molecule has 0 N–H and O–H groups in total. The first-order chi connectivity index (χ1) is 12.5. The fraction of sp³-hybridized carbons (Fsp3) is 0.278. The highest BCUT2D eigenvalue weighted by atomic mass is 79.9. The minimum atomic E-state index is -0.0827. The van der Waals surface area contributed by atoms with E-state index in [-0.39, 0.29) is 17.2 Å². The molecule has 1 aromatic carbocycles. The largest absolute Gasteiger partial charge is 0.340 e. The molecule has 0 aliphatic heterocycles. The number of amides is 1. The van der Waals surface area contributed by atoms with Crippen LogP contribution in [0.1, 0.15) is 11.8 Å². The third kappa shape index (κ3) is 4.19. The number of fused-ring (bicyclic) bond motifs is 1. The lowest BCUT2D eigenvalue weighted by molar-refractivity contribution is -0.127. The van der Waals surface area contributed by atoms with Gasteiger partial charge in [0.25, 0.3) is 5.56 Å². The van der Waals surface area contributed by atoms with Crippen LogP contribution in [-0.2, 0) is 17.9 Å². The second-order valence-electron chi connectivity index (χ2n) is 5.72. The first-order valence-corrected chi connectivity index (χ1v) is 10.7. The van der Waals surface area contributed by atoms with Gasteiger partial charge in [-0.05, 0) is 36.6 Å². The van der Waals surface area contributed by atoms with Crippen molar-refractivity contribution >= 4 is 55.8 Å². The Kier molecular flexibility index (Phi) is 6.16. The van der Waals surface area contributed by atoms with E-state index in [2.05, 4.69) is 20.9 Å². The molecule has 2 heterocycles. The van der Waals surface area contributed by atoms with Crippen LogP contribution >= 0.6 is 39.0 Å². The Labute approximate surface area is 168 Å². The standard InChI is InChI=1S/C18H18BrN3O2S2/c1-3-22-17(24)14-9-12(19)6-7-15(14)20-18(22)26-11-16(23)21(2)10-13-5-4-8-25-13/h4-9H,3,10-11H2,1-2H3. The minimum absolute atomic E-state index is 0.0104. The molecule has 3 aromatic rings. The zero-order valence-electron chi connectivity index (χ0n) is 14.4. The van der Waals surface area contributed by atoms with Gasteiger partial charge in [0.05, 0.1) is 23.2 Å². The van der Waals surface area contributed by atoms with E-state index in [9.17, 15) is 9.59 Å². The molecular weight excluding hydrogens is 434 g/mol. The predicted molar refractivity (Wildman–Crippen MR) is 111 cm³/mol. The van der Waals surface area contributed by atoms with Crippen molar-refractivity contribution in [3.8, 4) is 0 Å². The van der Waals surface area contributed by atoms with Gasteiger partial charge >= 0.3 is 0 Å². The van der Waals surface area contributed by atoms with Crippen molar-refractivity contribution in [1.82, 2.24) is 14.5 Å². The number of hydrogen-bond acceptors (Lipinski definition) is 5. The maximum Gasteiger partial charge on any atom is 0.262 e. The molecule has 0 saturated carbocycles. The fourth-order valence-electron chi connectivity index (χ4n) is 2.52. The van der Waals surface area contributed by atoms with Gasteiger partial charge in [-0.15, -0.1) is 11.3 Å². The van der Waals surface area contributed by atoms with E-state index in [0.29, 0.717) is 29.1 Å². The van der Waals surface area contributed by atoms with Gasteiger partial charge in [-0.3, -0.25) is 14.2 Å². The van der Waals surface area contributed by atoms with Gasteiger partial charge in [-0.1, -0.05) is 33.8 Å². The molecule has 0 radical (unpaired) electrons. The van der Waals surface area contributed by atoms with E-state index < -0.39 is 0 Å². The van der Waals surface area contributed by atoms with Crippen molar-refractivity contribution in [3.63, 3.8) is 0 Å². The van der Waals surface area contributed by atoms with Crippen molar-refractivity contribution in [2.45, 2.75) is 25.2 Å². The monoisotopic (exact) mass is 451 g/mol. The van der Waals surface area contributed by atoms with E-state index in [1.165, 1.54) is 11.8 Å². The molecule has 0 saturated heterocycles. The van der Waals surface area contributed by atoms with Crippen molar-refractivity contribution in [2.24, 2.45) is 0 Å². The molecule has 0 fully saturated rings. The van der Waals surface area contributed by atoms with E-state index >= 15 is 0 Å². The van der Waals surface area contributed by atoms with E-state index in [1.807, 2.05) is 36.6 Å². The highest BCUT2D eigenvalue weighted by molar-refractivity contribution is 9.10. The third-order valence-corrected chi connectivity index (χ3v) is 6.24. The summed E-state index contributed by atoms with van der Waals surface area (Å²) in [6.45, 7) is 3.01. The van der Waals surface area contributed by atoms with Crippen molar-refractivity contribution in [1.29, 1.82) is 0 Å². The lowest BCUT2D eigenvalue weighted by Gasteiger charge is -2.17. The van der Waals surface area contributed by atoms with Gasteiger partial charge in [0.1, 0.15) is 0 Å². The summed E-state index contributed by atoms with van der Waals surface area (Å²) in [6, 6.07) is 9.45. The van der Waals surface area contributed by atoms with Crippen LogP contribution in [-0.4, -0.2) is 33.2 Å². The molecule has 26 heavy (non-hydrogen) atoms. The highest BCUT2D eigenvalue weighted by Crippen LogP contribution is 2.21. The average molecular weight is 452 g/mol. The second-order valence-corrected chi connectivity index (χ2v) is 8.61. The van der Waals surface area contributed by atoms with Crippen LogP contribution in [0, 0.1) is 0 Å². The second kappa shape index (κ2) is 8.37. The maximum absolute atomic E-state index is 12.7.